The molecule has 0 aliphatic rings. The number of hydrogen-bond acceptors (Lipinski definition) is 9. The molecule has 0 saturated heterocycles. The van der Waals surface area contributed by atoms with E-state index >= 15 is 0 Å². The number of carboxylic acid groups (broad SMARTS) is 2. The third-order valence-electron chi connectivity index (χ3n) is 2.48. The molecule has 11 N–H and O–H groups in total. The molecule has 0 heterocycles. The summed E-state index contributed by atoms with van der Waals surface area (Å²) in [6, 6.07) is 8.54. The fourth-order valence-electron chi connectivity index (χ4n) is 1.01. The number of nitrogens with two attached hydrogens (primary N) is 2. The summed E-state index contributed by atoms with van der Waals surface area (Å²) >= 11 is 0. The van der Waals surface area contributed by atoms with Gasteiger partial charge in [0.25, 0.3) is 0 Å². The highest BCUT2D eigenvalue weighted by Crippen LogP contribution is 2.01. The van der Waals surface area contributed by atoms with Crippen LogP contribution in [-0.4, -0.2) is 92.3 Å². The molecule has 0 spiro atoms. The molecular formula is C17H32N2O9. The zero-order valence-electron chi connectivity index (χ0n) is 15.8. The molecule has 0 aliphatic heterocycles. The number of carbonyl (C=O) groups is 2. The maximum absolute atomic E-state index is 10.4. The summed E-state index contributed by atoms with van der Waals surface area (Å²) in [4.78, 5) is 19.6. The summed E-state index contributed by atoms with van der Waals surface area (Å²) in [7, 11) is 0. The number of benzene rings is 1. The third-order valence-corrected chi connectivity index (χ3v) is 2.48. The number of carboxylic acids is 2. The van der Waals surface area contributed by atoms with Crippen LogP contribution in [0.2, 0.25) is 0 Å². The Morgan fingerprint density at radius 2 is 1.36 bits per heavy atom. The van der Waals surface area contributed by atoms with E-state index in [1.165, 1.54) is 6.92 Å². The second-order valence-corrected chi connectivity index (χ2v) is 5.28. The maximum Gasteiger partial charge on any atom is 0.320 e. The maximum atomic E-state index is 10.4. The molecule has 1 rings (SSSR count). The van der Waals surface area contributed by atoms with Crippen LogP contribution in [0.5, 0.6) is 0 Å². The largest absolute Gasteiger partial charge is 0.480 e. The van der Waals surface area contributed by atoms with Crippen molar-refractivity contribution in [3.63, 3.8) is 0 Å². The van der Waals surface area contributed by atoms with Crippen molar-refractivity contribution < 1.29 is 45.3 Å². The van der Waals surface area contributed by atoms with Crippen molar-refractivity contribution in [2.24, 2.45) is 11.5 Å². The van der Waals surface area contributed by atoms with E-state index in [2.05, 4.69) is 5.73 Å². The minimum Gasteiger partial charge on any atom is -0.480 e. The first kappa shape index (κ1) is 30.6. The number of aliphatic hydroxyl groups is 5. The average molecular weight is 408 g/mol. The lowest BCUT2D eigenvalue weighted by Crippen LogP contribution is -2.32. The first-order valence-corrected chi connectivity index (χ1v) is 8.18. The Hall–Kier alpha value is -2.12. The first-order chi connectivity index (χ1) is 13.0. The average Bonchev–Trinajstić information content (AvgIpc) is 2.69. The van der Waals surface area contributed by atoms with Gasteiger partial charge in [0.1, 0.15) is 12.1 Å². The lowest BCUT2D eigenvalue weighted by atomic mass is 10.1. The highest BCUT2D eigenvalue weighted by atomic mass is 16.4. The predicted octanol–water partition coefficient (Wildman–Crippen LogP) is -2.64. The van der Waals surface area contributed by atoms with E-state index in [0.717, 1.165) is 5.56 Å². The molecule has 0 aliphatic carbocycles. The van der Waals surface area contributed by atoms with E-state index in [1.54, 1.807) is 0 Å². The molecule has 0 fully saturated rings. The third kappa shape index (κ3) is 26.1. The zero-order valence-corrected chi connectivity index (χ0v) is 15.8. The predicted molar refractivity (Wildman–Crippen MR) is 101 cm³/mol. The van der Waals surface area contributed by atoms with E-state index in [4.69, 9.17) is 41.5 Å². The summed E-state index contributed by atoms with van der Waals surface area (Å²) in [6.07, 6.45) is -1.13. The fraction of sp³-hybridized carbons (Fsp3) is 0.529. The van der Waals surface area contributed by atoms with E-state index < -0.39 is 30.2 Å². The lowest BCUT2D eigenvalue weighted by molar-refractivity contribution is -0.138. The van der Waals surface area contributed by atoms with Gasteiger partial charge in [-0.3, -0.25) is 9.59 Å². The van der Waals surface area contributed by atoms with Crippen LogP contribution in [0.3, 0.4) is 0 Å². The standard InChI is InChI=1S/C9H11NO2.C3H8O3.C3H8O2.C2H5NO2/c10-8(9(11)12)6-7-4-2-1-3-5-7;4-1-3(6)2-5;1-3(5)2-4;3-1-2(4)5/h1-5,8H,6,10H2,(H,11,12);3-6H,1-2H2;3-5H,2H2,1H3;1,3H2,(H,4,5)/t8-;;;/m0.../s1. The topological polar surface area (TPSA) is 228 Å². The molecule has 0 aromatic heterocycles. The quantitative estimate of drug-likeness (QED) is 0.226. The van der Waals surface area contributed by atoms with E-state index in [-0.39, 0.29) is 26.4 Å². The molecule has 164 valence electrons. The van der Waals surface area contributed by atoms with Gasteiger partial charge in [0.15, 0.2) is 0 Å². The van der Waals surface area contributed by atoms with Crippen molar-refractivity contribution in [2.75, 3.05) is 26.4 Å². The highest BCUT2D eigenvalue weighted by Gasteiger charge is 2.10. The lowest BCUT2D eigenvalue weighted by Gasteiger charge is -2.04. The van der Waals surface area contributed by atoms with Crippen LogP contribution in [-0.2, 0) is 16.0 Å². The molecular weight excluding hydrogens is 376 g/mol. The van der Waals surface area contributed by atoms with Crippen LogP contribution in [0.4, 0.5) is 0 Å². The Bertz CT molecular complexity index is 483. The molecule has 2 atom stereocenters. The molecule has 1 unspecified atom stereocenters. The van der Waals surface area contributed by atoms with Gasteiger partial charge in [0.05, 0.1) is 32.5 Å². The van der Waals surface area contributed by atoms with Crippen molar-refractivity contribution in [3.8, 4) is 0 Å². The summed E-state index contributed by atoms with van der Waals surface area (Å²) in [5, 5.41) is 56.1. The van der Waals surface area contributed by atoms with Crippen molar-refractivity contribution >= 4 is 11.9 Å². The van der Waals surface area contributed by atoms with Gasteiger partial charge < -0.3 is 47.2 Å². The van der Waals surface area contributed by atoms with Crippen molar-refractivity contribution in [2.45, 2.75) is 31.6 Å². The van der Waals surface area contributed by atoms with Gasteiger partial charge in [-0.1, -0.05) is 30.3 Å². The molecule has 0 radical (unpaired) electrons. The van der Waals surface area contributed by atoms with E-state index in [9.17, 15) is 9.59 Å². The van der Waals surface area contributed by atoms with Crippen molar-refractivity contribution in [1.82, 2.24) is 0 Å². The molecule has 0 saturated carbocycles. The van der Waals surface area contributed by atoms with Gasteiger partial charge in [-0.05, 0) is 18.9 Å². The SMILES string of the molecule is CC(O)CO.NCC(=O)O.N[C@@H](Cc1ccccc1)C(=O)O.OCC(O)CO. The second-order valence-electron chi connectivity index (χ2n) is 5.28. The van der Waals surface area contributed by atoms with Crippen molar-refractivity contribution in [1.29, 1.82) is 0 Å². The Morgan fingerprint density at radius 3 is 1.57 bits per heavy atom. The van der Waals surface area contributed by atoms with Gasteiger partial charge >= 0.3 is 11.9 Å². The minimum absolute atomic E-state index is 0.139. The van der Waals surface area contributed by atoms with Gasteiger partial charge in [0.2, 0.25) is 0 Å². The molecule has 28 heavy (non-hydrogen) atoms. The molecule has 1 aromatic carbocycles. The van der Waals surface area contributed by atoms with Crippen LogP contribution in [0, 0.1) is 0 Å². The van der Waals surface area contributed by atoms with Crippen molar-refractivity contribution in [3.05, 3.63) is 35.9 Å². The first-order valence-electron chi connectivity index (χ1n) is 8.18. The van der Waals surface area contributed by atoms with Crippen LogP contribution >= 0.6 is 0 Å². The summed E-state index contributed by atoms with van der Waals surface area (Å²) < 4.78 is 0. The van der Waals surface area contributed by atoms with E-state index in [0.29, 0.717) is 6.42 Å². The molecule has 1 aromatic rings. The Labute approximate surface area is 163 Å². The highest BCUT2D eigenvalue weighted by molar-refractivity contribution is 5.73. The van der Waals surface area contributed by atoms with Gasteiger partial charge in [0, 0.05) is 0 Å². The van der Waals surface area contributed by atoms with Gasteiger partial charge in [-0.2, -0.15) is 0 Å². The summed E-state index contributed by atoms with van der Waals surface area (Å²) in [5.74, 6) is -1.93. The van der Waals surface area contributed by atoms with E-state index in [1.807, 2.05) is 30.3 Å². The fourth-order valence-corrected chi connectivity index (χ4v) is 1.01. The summed E-state index contributed by atoms with van der Waals surface area (Å²) in [5.41, 5.74) is 10.9. The minimum atomic E-state index is -0.968. The normalized spacial score (nSPS) is 11.5. The monoisotopic (exact) mass is 408 g/mol. The van der Waals surface area contributed by atoms with Gasteiger partial charge in [-0.25, -0.2) is 0 Å². The van der Waals surface area contributed by atoms with Gasteiger partial charge in [-0.15, -0.1) is 0 Å². The number of rotatable bonds is 7. The van der Waals surface area contributed by atoms with Crippen LogP contribution < -0.4 is 11.5 Å². The Morgan fingerprint density at radius 1 is 0.964 bits per heavy atom. The Kier molecular flexibility index (Phi) is 23.2. The smallest absolute Gasteiger partial charge is 0.320 e. The molecule has 11 nitrogen and oxygen atoms in total. The molecule has 0 amide bonds. The second kappa shape index (κ2) is 21.2. The van der Waals surface area contributed by atoms with Crippen LogP contribution in [0.15, 0.2) is 30.3 Å². The Balaban J connectivity index is -0.000000331. The zero-order chi connectivity index (χ0) is 22.5. The van der Waals surface area contributed by atoms with Crippen LogP contribution in [0.25, 0.3) is 0 Å². The number of hydrogen-bond donors (Lipinski definition) is 9. The molecule has 0 bridgehead atoms. The summed E-state index contributed by atoms with van der Waals surface area (Å²) in [6.45, 7) is 0.382. The number of aliphatic carboxylic acids is 2. The number of aliphatic hydroxyl groups excluding tert-OH is 5. The molecule has 11 heteroatoms. The van der Waals surface area contributed by atoms with Crippen LogP contribution in [0.1, 0.15) is 12.5 Å².